The number of hydrogen-bond donors (Lipinski definition) is 2. The molecular weight excluding hydrogens is 254 g/mol. The van der Waals surface area contributed by atoms with Crippen molar-refractivity contribution in [2.45, 2.75) is 13.8 Å². The van der Waals surface area contributed by atoms with E-state index in [-0.39, 0.29) is 6.03 Å². The van der Waals surface area contributed by atoms with Crippen LogP contribution in [0.1, 0.15) is 11.1 Å². The number of ether oxygens (including phenoxy) is 1. The van der Waals surface area contributed by atoms with Gasteiger partial charge < -0.3 is 20.3 Å². The van der Waals surface area contributed by atoms with Crippen LogP contribution in [0.25, 0.3) is 0 Å². The summed E-state index contributed by atoms with van der Waals surface area (Å²) in [6, 6.07) is 6.02. The summed E-state index contributed by atoms with van der Waals surface area (Å²) in [5.41, 5.74) is 2.47. The number of urea groups is 1. The third-order valence-corrected chi connectivity index (χ3v) is 3.53. The number of piperazine rings is 1. The molecule has 2 N–H and O–H groups in total. The molecule has 5 heteroatoms. The Balaban J connectivity index is 1.68. The zero-order valence-corrected chi connectivity index (χ0v) is 12.2. The highest BCUT2D eigenvalue weighted by Crippen LogP contribution is 2.15. The molecule has 1 aliphatic heterocycles. The van der Waals surface area contributed by atoms with E-state index < -0.39 is 0 Å². The Morgan fingerprint density at radius 3 is 2.75 bits per heavy atom. The molecule has 2 rings (SSSR count). The molecule has 5 nitrogen and oxygen atoms in total. The summed E-state index contributed by atoms with van der Waals surface area (Å²) in [5, 5.41) is 6.10. The van der Waals surface area contributed by atoms with Crippen molar-refractivity contribution in [3.63, 3.8) is 0 Å². The van der Waals surface area contributed by atoms with E-state index in [9.17, 15) is 4.79 Å². The summed E-state index contributed by atoms with van der Waals surface area (Å²) in [6.07, 6.45) is 0. The number of rotatable bonds is 4. The maximum absolute atomic E-state index is 11.8. The van der Waals surface area contributed by atoms with Crippen LogP contribution >= 0.6 is 0 Å². The van der Waals surface area contributed by atoms with Crippen molar-refractivity contribution in [3.05, 3.63) is 29.3 Å². The second-order valence-electron chi connectivity index (χ2n) is 5.06. The zero-order valence-electron chi connectivity index (χ0n) is 12.2. The van der Waals surface area contributed by atoms with Crippen LogP contribution < -0.4 is 15.4 Å². The van der Waals surface area contributed by atoms with Crippen LogP contribution in [0.3, 0.4) is 0 Å². The predicted molar refractivity (Wildman–Crippen MR) is 79.3 cm³/mol. The Hall–Kier alpha value is -1.75. The van der Waals surface area contributed by atoms with Crippen molar-refractivity contribution in [3.8, 4) is 5.75 Å². The third kappa shape index (κ3) is 4.13. The first-order valence-corrected chi connectivity index (χ1v) is 7.10. The molecule has 1 saturated heterocycles. The van der Waals surface area contributed by atoms with Crippen molar-refractivity contribution in [1.29, 1.82) is 0 Å². The van der Waals surface area contributed by atoms with Gasteiger partial charge in [-0.3, -0.25) is 0 Å². The number of nitrogens with one attached hydrogen (secondary N) is 2. The second-order valence-corrected chi connectivity index (χ2v) is 5.06. The van der Waals surface area contributed by atoms with Crippen molar-refractivity contribution >= 4 is 6.03 Å². The molecule has 110 valence electrons. The van der Waals surface area contributed by atoms with Crippen LogP contribution in [-0.2, 0) is 0 Å². The second kappa shape index (κ2) is 7.14. The molecule has 0 atom stereocenters. The molecular formula is C15H23N3O2. The van der Waals surface area contributed by atoms with Gasteiger partial charge >= 0.3 is 6.03 Å². The van der Waals surface area contributed by atoms with Crippen LogP contribution in [0.4, 0.5) is 4.79 Å². The number of amides is 2. The Morgan fingerprint density at radius 1 is 1.30 bits per heavy atom. The van der Waals surface area contributed by atoms with E-state index in [4.69, 9.17) is 4.74 Å². The lowest BCUT2D eigenvalue weighted by Crippen LogP contribution is -2.50. The summed E-state index contributed by atoms with van der Waals surface area (Å²) in [5.74, 6) is 0.851. The highest BCUT2D eigenvalue weighted by atomic mass is 16.5. The molecule has 1 aromatic rings. The molecule has 0 unspecified atom stereocenters. The smallest absolute Gasteiger partial charge is 0.317 e. The van der Waals surface area contributed by atoms with E-state index in [1.54, 1.807) is 0 Å². The van der Waals surface area contributed by atoms with Crippen LogP contribution in [0.5, 0.6) is 5.75 Å². The van der Waals surface area contributed by atoms with Crippen molar-refractivity contribution in [2.24, 2.45) is 0 Å². The average Bonchev–Trinajstić information content (AvgIpc) is 2.48. The van der Waals surface area contributed by atoms with Gasteiger partial charge in [0.2, 0.25) is 0 Å². The highest BCUT2D eigenvalue weighted by Gasteiger charge is 2.14. The number of nitrogens with zero attached hydrogens (tertiary/aromatic N) is 1. The number of benzene rings is 1. The van der Waals surface area contributed by atoms with E-state index in [2.05, 4.69) is 24.5 Å². The fourth-order valence-corrected chi connectivity index (χ4v) is 2.11. The van der Waals surface area contributed by atoms with Crippen molar-refractivity contribution < 1.29 is 9.53 Å². The summed E-state index contributed by atoms with van der Waals surface area (Å²) in [7, 11) is 0. The van der Waals surface area contributed by atoms with Gasteiger partial charge in [-0.25, -0.2) is 4.79 Å². The Labute approximate surface area is 120 Å². The van der Waals surface area contributed by atoms with Crippen LogP contribution in [0, 0.1) is 13.8 Å². The first-order valence-electron chi connectivity index (χ1n) is 7.10. The van der Waals surface area contributed by atoms with E-state index in [1.165, 1.54) is 11.1 Å². The summed E-state index contributed by atoms with van der Waals surface area (Å²) >= 11 is 0. The molecule has 1 aliphatic rings. The molecule has 0 bridgehead atoms. The van der Waals surface area contributed by atoms with Crippen molar-refractivity contribution in [1.82, 2.24) is 15.5 Å². The highest BCUT2D eigenvalue weighted by molar-refractivity contribution is 5.74. The Bertz CT molecular complexity index is 456. The molecule has 0 aliphatic carbocycles. The molecule has 20 heavy (non-hydrogen) atoms. The largest absolute Gasteiger partial charge is 0.492 e. The maximum Gasteiger partial charge on any atom is 0.317 e. The lowest BCUT2D eigenvalue weighted by atomic mass is 10.1. The van der Waals surface area contributed by atoms with Gasteiger partial charge in [-0.2, -0.15) is 0 Å². The number of hydrogen-bond acceptors (Lipinski definition) is 3. The Kier molecular flexibility index (Phi) is 5.24. The molecule has 1 aromatic carbocycles. The van der Waals surface area contributed by atoms with Gasteiger partial charge in [-0.05, 0) is 37.1 Å². The van der Waals surface area contributed by atoms with Crippen LogP contribution in [-0.4, -0.2) is 50.3 Å². The van der Waals surface area contributed by atoms with Gasteiger partial charge in [0.25, 0.3) is 0 Å². The number of aryl methyl sites for hydroxylation is 2. The number of carbonyl (C=O) groups excluding carboxylic acids is 1. The van der Waals surface area contributed by atoms with Gasteiger partial charge in [0.05, 0.1) is 6.54 Å². The van der Waals surface area contributed by atoms with E-state index in [0.29, 0.717) is 13.2 Å². The topological polar surface area (TPSA) is 53.6 Å². The fraction of sp³-hybridized carbons (Fsp3) is 0.533. The number of carbonyl (C=O) groups is 1. The fourth-order valence-electron chi connectivity index (χ4n) is 2.11. The van der Waals surface area contributed by atoms with Crippen molar-refractivity contribution in [2.75, 3.05) is 39.3 Å². The van der Waals surface area contributed by atoms with E-state index in [1.807, 2.05) is 23.1 Å². The average molecular weight is 277 g/mol. The molecule has 2 amide bonds. The maximum atomic E-state index is 11.8. The molecule has 0 aromatic heterocycles. The molecule has 0 saturated carbocycles. The Morgan fingerprint density at radius 2 is 2.05 bits per heavy atom. The molecule has 1 fully saturated rings. The SMILES string of the molecule is Cc1ccc(OCCNC(=O)N2CCNCC2)cc1C. The summed E-state index contributed by atoms with van der Waals surface area (Å²) in [4.78, 5) is 13.7. The van der Waals surface area contributed by atoms with Gasteiger partial charge in [-0.15, -0.1) is 0 Å². The first kappa shape index (κ1) is 14.7. The quantitative estimate of drug-likeness (QED) is 0.816. The third-order valence-electron chi connectivity index (χ3n) is 3.53. The lowest BCUT2D eigenvalue weighted by Gasteiger charge is -2.27. The van der Waals surface area contributed by atoms with Crippen LogP contribution in [0.15, 0.2) is 18.2 Å². The predicted octanol–water partition coefficient (Wildman–Crippen LogP) is 1.30. The van der Waals surface area contributed by atoms with Gasteiger partial charge in [0.1, 0.15) is 12.4 Å². The van der Waals surface area contributed by atoms with Gasteiger partial charge in [-0.1, -0.05) is 6.07 Å². The lowest BCUT2D eigenvalue weighted by molar-refractivity contribution is 0.187. The molecule has 0 spiro atoms. The van der Waals surface area contributed by atoms with E-state index >= 15 is 0 Å². The van der Waals surface area contributed by atoms with Gasteiger partial charge in [0.15, 0.2) is 0 Å². The van der Waals surface area contributed by atoms with Gasteiger partial charge in [0, 0.05) is 26.2 Å². The molecule has 0 radical (unpaired) electrons. The summed E-state index contributed by atoms with van der Waals surface area (Å²) < 4.78 is 5.63. The normalized spacial score (nSPS) is 15.0. The molecule has 1 heterocycles. The van der Waals surface area contributed by atoms with Crippen LogP contribution in [0.2, 0.25) is 0 Å². The zero-order chi connectivity index (χ0) is 14.4. The monoisotopic (exact) mass is 277 g/mol. The minimum atomic E-state index is -0.00446. The minimum Gasteiger partial charge on any atom is -0.492 e. The standard InChI is InChI=1S/C15H23N3O2/c1-12-3-4-14(11-13(12)2)20-10-7-17-15(19)18-8-5-16-6-9-18/h3-4,11,16H,5-10H2,1-2H3,(H,17,19). The summed E-state index contributed by atoms with van der Waals surface area (Å²) in [6.45, 7) is 8.42. The van der Waals surface area contributed by atoms with E-state index in [0.717, 1.165) is 31.9 Å². The minimum absolute atomic E-state index is 0.00446. The first-order chi connectivity index (χ1) is 9.66.